The normalized spacial score (nSPS) is 17.0. The van der Waals surface area contributed by atoms with Crippen molar-refractivity contribution in [3.63, 3.8) is 0 Å². The maximum Gasteiger partial charge on any atom is 0.416 e. The van der Waals surface area contributed by atoms with E-state index < -0.39 is 35.4 Å². The molecule has 2 amide bonds. The van der Waals surface area contributed by atoms with Crippen LogP contribution in [0.5, 0.6) is 0 Å². The van der Waals surface area contributed by atoms with Gasteiger partial charge < -0.3 is 10.1 Å². The number of carbonyl (C=O) groups excluding carboxylic acids is 2. The second kappa shape index (κ2) is 7.42. The SMILES string of the molecule is CC(C)(C)OC(=O)NC1Cc2ccccc2N(c2ccc(C(F)(F)F)cc2)C1=O. The number of hydrogen-bond donors (Lipinski definition) is 1. The van der Waals surface area contributed by atoms with Gasteiger partial charge in [-0.3, -0.25) is 9.69 Å². The first-order valence-corrected chi connectivity index (χ1v) is 9.04. The molecule has 5 nitrogen and oxygen atoms in total. The van der Waals surface area contributed by atoms with Gasteiger partial charge in [-0.2, -0.15) is 13.2 Å². The molecule has 0 aliphatic carbocycles. The molecule has 3 rings (SSSR count). The van der Waals surface area contributed by atoms with Crippen LogP contribution in [0.1, 0.15) is 31.9 Å². The summed E-state index contributed by atoms with van der Waals surface area (Å²) in [5.74, 6) is -0.450. The number of ether oxygens (including phenoxy) is 1. The first kappa shape index (κ1) is 20.7. The van der Waals surface area contributed by atoms with Crippen molar-refractivity contribution in [2.75, 3.05) is 4.90 Å². The zero-order valence-corrected chi connectivity index (χ0v) is 16.2. The fourth-order valence-corrected chi connectivity index (χ4v) is 3.11. The first-order chi connectivity index (χ1) is 13.5. The Bertz CT molecular complexity index is 918. The molecule has 0 fully saturated rings. The van der Waals surface area contributed by atoms with E-state index in [4.69, 9.17) is 4.74 Å². The smallest absolute Gasteiger partial charge is 0.416 e. The van der Waals surface area contributed by atoms with Crippen molar-refractivity contribution >= 4 is 23.4 Å². The molecule has 0 spiro atoms. The predicted octanol–water partition coefficient (Wildman–Crippen LogP) is 4.82. The van der Waals surface area contributed by atoms with Crippen LogP contribution in [0.15, 0.2) is 48.5 Å². The minimum Gasteiger partial charge on any atom is -0.444 e. The highest BCUT2D eigenvalue weighted by Gasteiger charge is 2.36. The van der Waals surface area contributed by atoms with E-state index in [1.54, 1.807) is 39.0 Å². The number of rotatable bonds is 2. The molecule has 0 bridgehead atoms. The minimum absolute atomic E-state index is 0.255. The van der Waals surface area contributed by atoms with Gasteiger partial charge in [0.1, 0.15) is 11.6 Å². The van der Waals surface area contributed by atoms with Crippen LogP contribution in [0.2, 0.25) is 0 Å². The van der Waals surface area contributed by atoms with Crippen molar-refractivity contribution in [3.05, 3.63) is 59.7 Å². The lowest BCUT2D eigenvalue weighted by Crippen LogP contribution is -2.52. The Morgan fingerprint density at radius 1 is 1.07 bits per heavy atom. The summed E-state index contributed by atoms with van der Waals surface area (Å²) in [7, 11) is 0. The number of alkyl carbamates (subject to hydrolysis) is 1. The van der Waals surface area contributed by atoms with E-state index in [-0.39, 0.29) is 12.1 Å². The van der Waals surface area contributed by atoms with Crippen LogP contribution < -0.4 is 10.2 Å². The molecule has 29 heavy (non-hydrogen) atoms. The van der Waals surface area contributed by atoms with E-state index in [9.17, 15) is 22.8 Å². The molecule has 1 aliphatic rings. The number of anilines is 2. The van der Waals surface area contributed by atoms with Crippen LogP contribution in [0.4, 0.5) is 29.3 Å². The van der Waals surface area contributed by atoms with E-state index in [0.717, 1.165) is 17.7 Å². The van der Waals surface area contributed by atoms with E-state index >= 15 is 0 Å². The Morgan fingerprint density at radius 2 is 1.69 bits per heavy atom. The largest absolute Gasteiger partial charge is 0.444 e. The first-order valence-electron chi connectivity index (χ1n) is 9.04. The number of nitrogens with zero attached hydrogens (tertiary/aromatic N) is 1. The Labute approximate surface area is 166 Å². The van der Waals surface area contributed by atoms with Gasteiger partial charge in [0, 0.05) is 12.1 Å². The third-order valence-corrected chi connectivity index (χ3v) is 4.32. The third kappa shape index (κ3) is 4.70. The van der Waals surface area contributed by atoms with Crippen molar-refractivity contribution in [3.8, 4) is 0 Å². The number of alkyl halides is 3. The van der Waals surface area contributed by atoms with E-state index in [1.165, 1.54) is 17.0 Å². The highest BCUT2D eigenvalue weighted by molar-refractivity contribution is 6.07. The van der Waals surface area contributed by atoms with Crippen LogP contribution in [0.3, 0.4) is 0 Å². The van der Waals surface area contributed by atoms with Gasteiger partial charge in [-0.15, -0.1) is 0 Å². The fraction of sp³-hybridized carbons (Fsp3) is 0.333. The molecule has 8 heteroatoms. The number of amides is 2. The lowest BCUT2D eigenvalue weighted by molar-refractivity contribution is -0.137. The summed E-state index contributed by atoms with van der Waals surface area (Å²) in [5, 5.41) is 2.57. The predicted molar refractivity (Wildman–Crippen MR) is 102 cm³/mol. The average molecular weight is 406 g/mol. The Balaban J connectivity index is 1.93. The number of benzene rings is 2. The van der Waals surface area contributed by atoms with Crippen LogP contribution >= 0.6 is 0 Å². The summed E-state index contributed by atoms with van der Waals surface area (Å²) in [4.78, 5) is 26.6. The highest BCUT2D eigenvalue weighted by atomic mass is 19.4. The number of carbonyl (C=O) groups is 2. The molecule has 0 saturated carbocycles. The summed E-state index contributed by atoms with van der Waals surface area (Å²) < 4.78 is 43.9. The summed E-state index contributed by atoms with van der Waals surface area (Å²) >= 11 is 0. The number of para-hydroxylation sites is 1. The molecule has 2 aromatic carbocycles. The highest BCUT2D eigenvalue weighted by Crippen LogP contribution is 2.36. The molecule has 0 radical (unpaired) electrons. The Kier molecular flexibility index (Phi) is 5.30. The minimum atomic E-state index is -4.47. The molecule has 1 heterocycles. The second-order valence-corrected chi connectivity index (χ2v) is 7.75. The summed E-state index contributed by atoms with van der Waals surface area (Å²) in [6.45, 7) is 5.12. The maximum atomic E-state index is 13.1. The maximum absolute atomic E-state index is 13.1. The van der Waals surface area contributed by atoms with Crippen molar-refractivity contribution in [1.82, 2.24) is 5.32 Å². The lowest BCUT2D eigenvalue weighted by Gasteiger charge is -2.35. The van der Waals surface area contributed by atoms with Crippen molar-refractivity contribution in [2.24, 2.45) is 0 Å². The van der Waals surface area contributed by atoms with Crippen molar-refractivity contribution in [1.29, 1.82) is 0 Å². The molecule has 0 aromatic heterocycles. The van der Waals surface area contributed by atoms with Crippen molar-refractivity contribution in [2.45, 2.75) is 45.0 Å². The number of halogens is 3. The van der Waals surface area contributed by atoms with Crippen LogP contribution in [-0.4, -0.2) is 23.6 Å². The monoisotopic (exact) mass is 406 g/mol. The number of fused-ring (bicyclic) bond motifs is 1. The van der Waals surface area contributed by atoms with Gasteiger partial charge in [-0.05, 0) is 56.7 Å². The van der Waals surface area contributed by atoms with Gasteiger partial charge in [0.25, 0.3) is 5.91 Å². The molecule has 1 N–H and O–H groups in total. The lowest BCUT2D eigenvalue weighted by atomic mass is 9.96. The zero-order valence-electron chi connectivity index (χ0n) is 16.2. The van der Waals surface area contributed by atoms with Crippen LogP contribution in [0, 0.1) is 0 Å². The van der Waals surface area contributed by atoms with E-state index in [1.807, 2.05) is 6.07 Å². The molecule has 1 atom stereocenters. The summed E-state index contributed by atoms with van der Waals surface area (Å²) in [6, 6.07) is 10.5. The van der Waals surface area contributed by atoms with Crippen LogP contribution in [0.25, 0.3) is 0 Å². The van der Waals surface area contributed by atoms with Gasteiger partial charge in [0.15, 0.2) is 0 Å². The van der Waals surface area contributed by atoms with Gasteiger partial charge >= 0.3 is 12.3 Å². The van der Waals surface area contributed by atoms with E-state index in [2.05, 4.69) is 5.32 Å². The zero-order chi connectivity index (χ0) is 21.4. The Hall–Kier alpha value is -3.03. The molecule has 2 aromatic rings. The Morgan fingerprint density at radius 3 is 2.28 bits per heavy atom. The molecule has 0 saturated heterocycles. The molecule has 154 valence electrons. The molecular formula is C21H21F3N2O3. The number of nitrogens with one attached hydrogen (secondary N) is 1. The van der Waals surface area contributed by atoms with Gasteiger partial charge in [-0.1, -0.05) is 18.2 Å². The quantitative estimate of drug-likeness (QED) is 0.778. The van der Waals surface area contributed by atoms with Gasteiger partial charge in [0.2, 0.25) is 0 Å². The van der Waals surface area contributed by atoms with Gasteiger partial charge in [0.05, 0.1) is 11.3 Å². The molecular weight excluding hydrogens is 385 g/mol. The second-order valence-electron chi connectivity index (χ2n) is 7.75. The average Bonchev–Trinajstić information content (AvgIpc) is 2.60. The topological polar surface area (TPSA) is 58.6 Å². The fourth-order valence-electron chi connectivity index (χ4n) is 3.11. The van der Waals surface area contributed by atoms with Crippen LogP contribution in [-0.2, 0) is 22.1 Å². The summed E-state index contributed by atoms with van der Waals surface area (Å²) in [6.07, 6.45) is -4.95. The van der Waals surface area contributed by atoms with Gasteiger partial charge in [-0.25, -0.2) is 4.79 Å². The van der Waals surface area contributed by atoms with Crippen molar-refractivity contribution < 1.29 is 27.5 Å². The number of hydrogen-bond acceptors (Lipinski definition) is 3. The summed E-state index contributed by atoms with van der Waals surface area (Å²) in [5.41, 5.74) is 0.105. The third-order valence-electron chi connectivity index (χ3n) is 4.32. The standard InChI is InChI=1S/C21H21F3N2O3/c1-20(2,3)29-19(28)25-16-12-13-6-4-5-7-17(13)26(18(16)27)15-10-8-14(9-11-15)21(22,23)24/h4-11,16H,12H2,1-3H3,(H,25,28). The molecule has 1 unspecified atom stereocenters. The molecule has 1 aliphatic heterocycles. The van der Waals surface area contributed by atoms with E-state index in [0.29, 0.717) is 5.69 Å².